The summed E-state index contributed by atoms with van der Waals surface area (Å²) in [5.74, 6) is -3.83. The van der Waals surface area contributed by atoms with Crippen LogP contribution in [0.3, 0.4) is 0 Å². The van der Waals surface area contributed by atoms with E-state index >= 15 is 0 Å². The number of carbonyl (C=O) groups is 1. The summed E-state index contributed by atoms with van der Waals surface area (Å²) >= 11 is 0. The van der Waals surface area contributed by atoms with Crippen molar-refractivity contribution in [3.05, 3.63) is 41.3 Å². The van der Waals surface area contributed by atoms with Gasteiger partial charge in [-0.2, -0.15) is 5.10 Å². The van der Waals surface area contributed by atoms with Gasteiger partial charge in [0.05, 0.1) is 30.1 Å². The average Bonchev–Trinajstić information content (AvgIpc) is 3.05. The van der Waals surface area contributed by atoms with E-state index < -0.39 is 23.7 Å². The number of rotatable bonds is 6. The molecule has 2 atom stereocenters. The SMILES string of the molecule is CCCc1nc(N2CC3C(C2)C3(F)F)ccc1Cn1cc(C(=O)O)cn1. The number of nitrogens with zero attached hydrogens (tertiary/aromatic N) is 4. The van der Waals surface area contributed by atoms with Crippen LogP contribution < -0.4 is 4.90 Å². The van der Waals surface area contributed by atoms with Crippen molar-refractivity contribution in [2.45, 2.75) is 32.2 Å². The standard InChI is InChI=1S/C18H20F2N4O2/c1-2-3-15-11(7-24-8-12(6-21-24)17(25)26)4-5-16(22-15)23-9-13-14(10-23)18(13,19)20/h4-6,8,13-14H,2-3,7,9-10H2,1H3,(H,25,26). The molecule has 6 nitrogen and oxygen atoms in total. The fraction of sp³-hybridized carbons (Fsp3) is 0.500. The Morgan fingerprint density at radius 2 is 2.08 bits per heavy atom. The Bertz CT molecular complexity index is 837. The highest BCUT2D eigenvalue weighted by atomic mass is 19.3. The highest BCUT2D eigenvalue weighted by Crippen LogP contribution is 2.59. The van der Waals surface area contributed by atoms with E-state index in [0.29, 0.717) is 19.6 Å². The molecule has 2 unspecified atom stereocenters. The lowest BCUT2D eigenvalue weighted by molar-refractivity contribution is 0.0696. The topological polar surface area (TPSA) is 71.2 Å². The van der Waals surface area contributed by atoms with Gasteiger partial charge in [0.1, 0.15) is 5.82 Å². The molecular weight excluding hydrogens is 342 g/mol. The van der Waals surface area contributed by atoms with Gasteiger partial charge in [-0.05, 0) is 18.1 Å². The molecule has 0 radical (unpaired) electrons. The number of carboxylic acid groups (broad SMARTS) is 1. The van der Waals surface area contributed by atoms with Crippen molar-refractivity contribution < 1.29 is 18.7 Å². The molecule has 0 bridgehead atoms. The number of halogens is 2. The molecule has 2 fully saturated rings. The zero-order valence-electron chi connectivity index (χ0n) is 14.4. The van der Waals surface area contributed by atoms with Crippen LogP contribution in [0.1, 0.15) is 35.0 Å². The molecule has 1 aliphatic heterocycles. The summed E-state index contributed by atoms with van der Waals surface area (Å²) in [4.78, 5) is 17.6. The molecule has 0 amide bonds. The summed E-state index contributed by atoms with van der Waals surface area (Å²) in [5.41, 5.74) is 2.01. The van der Waals surface area contributed by atoms with Crippen molar-refractivity contribution >= 4 is 11.8 Å². The van der Waals surface area contributed by atoms with Gasteiger partial charge in [0.25, 0.3) is 5.92 Å². The fourth-order valence-electron chi connectivity index (χ4n) is 3.72. The maximum Gasteiger partial charge on any atom is 0.338 e. The monoisotopic (exact) mass is 362 g/mol. The summed E-state index contributed by atoms with van der Waals surface area (Å²) < 4.78 is 28.4. The summed E-state index contributed by atoms with van der Waals surface area (Å²) in [6, 6.07) is 3.80. The molecular formula is C18H20F2N4O2. The van der Waals surface area contributed by atoms with Crippen LogP contribution in [-0.2, 0) is 13.0 Å². The molecule has 2 aromatic rings. The lowest BCUT2D eigenvalue weighted by atomic mass is 10.1. The van der Waals surface area contributed by atoms with Crippen LogP contribution in [0, 0.1) is 11.8 Å². The van der Waals surface area contributed by atoms with E-state index in [-0.39, 0.29) is 5.56 Å². The third-order valence-electron chi connectivity index (χ3n) is 5.28. The van der Waals surface area contributed by atoms with Gasteiger partial charge in [0.2, 0.25) is 0 Å². The molecule has 1 saturated heterocycles. The second-order valence-corrected chi connectivity index (χ2v) is 7.05. The van der Waals surface area contributed by atoms with E-state index in [1.807, 2.05) is 17.0 Å². The molecule has 26 heavy (non-hydrogen) atoms. The number of aromatic nitrogens is 3. The van der Waals surface area contributed by atoms with Crippen molar-refractivity contribution in [3.63, 3.8) is 0 Å². The molecule has 1 aliphatic carbocycles. The molecule has 2 aromatic heterocycles. The first-order valence-electron chi connectivity index (χ1n) is 8.77. The molecule has 0 spiro atoms. The fourth-order valence-corrected chi connectivity index (χ4v) is 3.72. The Labute approximate surface area is 149 Å². The van der Waals surface area contributed by atoms with E-state index in [9.17, 15) is 13.6 Å². The van der Waals surface area contributed by atoms with E-state index in [4.69, 9.17) is 10.1 Å². The number of carboxylic acids is 1. The summed E-state index contributed by atoms with van der Waals surface area (Å²) in [7, 11) is 0. The van der Waals surface area contributed by atoms with Crippen LogP contribution in [0.4, 0.5) is 14.6 Å². The second kappa shape index (κ2) is 6.03. The van der Waals surface area contributed by atoms with Gasteiger partial charge in [0, 0.05) is 25.0 Å². The molecule has 8 heteroatoms. The first-order chi connectivity index (χ1) is 12.4. The molecule has 1 saturated carbocycles. The van der Waals surface area contributed by atoms with Crippen molar-refractivity contribution in [1.82, 2.24) is 14.8 Å². The lowest BCUT2D eigenvalue weighted by Crippen LogP contribution is -2.28. The molecule has 0 aromatic carbocycles. The smallest absolute Gasteiger partial charge is 0.338 e. The Morgan fingerprint density at radius 1 is 1.35 bits per heavy atom. The Morgan fingerprint density at radius 3 is 2.69 bits per heavy atom. The number of piperidine rings is 1. The van der Waals surface area contributed by atoms with Crippen molar-refractivity contribution in [2.24, 2.45) is 11.8 Å². The summed E-state index contributed by atoms with van der Waals surface area (Å²) in [6.45, 7) is 3.20. The van der Waals surface area contributed by atoms with Crippen LogP contribution >= 0.6 is 0 Å². The third-order valence-corrected chi connectivity index (χ3v) is 5.28. The summed E-state index contributed by atoms with van der Waals surface area (Å²) in [5, 5.41) is 13.1. The zero-order chi connectivity index (χ0) is 18.5. The minimum absolute atomic E-state index is 0.142. The van der Waals surface area contributed by atoms with Crippen molar-refractivity contribution in [2.75, 3.05) is 18.0 Å². The predicted molar refractivity (Wildman–Crippen MR) is 90.7 cm³/mol. The first-order valence-corrected chi connectivity index (χ1v) is 8.77. The van der Waals surface area contributed by atoms with Crippen molar-refractivity contribution in [1.29, 1.82) is 0 Å². The largest absolute Gasteiger partial charge is 0.478 e. The third kappa shape index (κ3) is 2.83. The molecule has 1 N–H and O–H groups in total. The molecule has 2 aliphatic rings. The van der Waals surface area contributed by atoms with Crippen LogP contribution in [0.25, 0.3) is 0 Å². The number of alkyl halides is 2. The van der Waals surface area contributed by atoms with Gasteiger partial charge in [-0.3, -0.25) is 4.68 Å². The van der Waals surface area contributed by atoms with E-state index in [2.05, 4.69) is 12.0 Å². The van der Waals surface area contributed by atoms with Crippen LogP contribution in [0.15, 0.2) is 24.5 Å². The number of hydrogen-bond acceptors (Lipinski definition) is 4. The van der Waals surface area contributed by atoms with Crippen LogP contribution in [0.2, 0.25) is 0 Å². The van der Waals surface area contributed by atoms with Gasteiger partial charge < -0.3 is 10.0 Å². The van der Waals surface area contributed by atoms with Crippen LogP contribution in [-0.4, -0.2) is 44.9 Å². The maximum atomic E-state index is 13.4. The number of fused-ring (bicyclic) bond motifs is 1. The Hall–Kier alpha value is -2.51. The number of pyridine rings is 1. The minimum Gasteiger partial charge on any atom is -0.478 e. The molecule has 3 heterocycles. The van der Waals surface area contributed by atoms with Gasteiger partial charge in [-0.25, -0.2) is 18.6 Å². The first kappa shape index (κ1) is 16.9. The number of anilines is 1. The Balaban J connectivity index is 1.53. The maximum absolute atomic E-state index is 13.4. The van der Waals surface area contributed by atoms with E-state index in [0.717, 1.165) is 29.9 Å². The number of aromatic carboxylic acids is 1. The number of hydrogen-bond donors (Lipinski definition) is 1. The summed E-state index contributed by atoms with van der Waals surface area (Å²) in [6.07, 6.45) is 4.49. The predicted octanol–water partition coefficient (Wildman–Crippen LogP) is 2.68. The molecule has 4 rings (SSSR count). The average molecular weight is 362 g/mol. The molecule has 138 valence electrons. The highest BCUT2D eigenvalue weighted by Gasteiger charge is 2.71. The van der Waals surface area contributed by atoms with Crippen LogP contribution in [0.5, 0.6) is 0 Å². The van der Waals surface area contributed by atoms with E-state index in [1.54, 1.807) is 4.68 Å². The minimum atomic E-state index is -2.50. The normalized spacial score (nSPS) is 23.1. The highest BCUT2D eigenvalue weighted by molar-refractivity contribution is 5.86. The van der Waals surface area contributed by atoms with Gasteiger partial charge in [-0.15, -0.1) is 0 Å². The van der Waals surface area contributed by atoms with Gasteiger partial charge in [-0.1, -0.05) is 19.4 Å². The Kier molecular flexibility index (Phi) is 3.93. The number of aryl methyl sites for hydroxylation is 1. The van der Waals surface area contributed by atoms with Gasteiger partial charge >= 0.3 is 5.97 Å². The quantitative estimate of drug-likeness (QED) is 0.855. The van der Waals surface area contributed by atoms with E-state index in [1.165, 1.54) is 12.4 Å². The van der Waals surface area contributed by atoms with Gasteiger partial charge in [0.15, 0.2) is 0 Å². The van der Waals surface area contributed by atoms with Crippen molar-refractivity contribution in [3.8, 4) is 0 Å². The second-order valence-electron chi connectivity index (χ2n) is 7.05. The zero-order valence-corrected chi connectivity index (χ0v) is 14.4. The lowest BCUT2D eigenvalue weighted by Gasteiger charge is -2.22.